The molecule has 5 heteroatoms. The lowest BCUT2D eigenvalue weighted by Crippen LogP contribution is -2.27. The standard InChI is InChI=1S/C12H22N4O/c1-8(6-13)5-12(17)14-7-11-9(2)15-16(4)10(11)3/h8H,5-7,13H2,1-4H3,(H,14,17). The predicted molar refractivity (Wildman–Crippen MR) is 67.4 cm³/mol. The largest absolute Gasteiger partial charge is 0.352 e. The van der Waals surface area contributed by atoms with E-state index in [1.54, 1.807) is 0 Å². The molecule has 0 aromatic carbocycles. The molecule has 0 fully saturated rings. The third-order valence-corrected chi connectivity index (χ3v) is 3.06. The number of carbonyl (C=O) groups excluding carboxylic acids is 1. The number of amides is 1. The Morgan fingerprint density at radius 2 is 2.18 bits per heavy atom. The molecule has 5 nitrogen and oxygen atoms in total. The van der Waals surface area contributed by atoms with Crippen molar-refractivity contribution >= 4 is 5.91 Å². The zero-order chi connectivity index (χ0) is 13.0. The Morgan fingerprint density at radius 3 is 2.65 bits per heavy atom. The van der Waals surface area contributed by atoms with Crippen molar-refractivity contribution in [3.63, 3.8) is 0 Å². The van der Waals surface area contributed by atoms with Gasteiger partial charge in [0.1, 0.15) is 0 Å². The van der Waals surface area contributed by atoms with Crippen molar-refractivity contribution in [2.45, 2.75) is 33.7 Å². The van der Waals surface area contributed by atoms with Gasteiger partial charge >= 0.3 is 0 Å². The van der Waals surface area contributed by atoms with Crippen molar-refractivity contribution in [2.75, 3.05) is 6.54 Å². The molecule has 0 aliphatic heterocycles. The van der Waals surface area contributed by atoms with Crippen LogP contribution in [0.1, 0.15) is 30.3 Å². The van der Waals surface area contributed by atoms with Crippen molar-refractivity contribution in [1.29, 1.82) is 0 Å². The van der Waals surface area contributed by atoms with Gasteiger partial charge in [-0.3, -0.25) is 9.48 Å². The molecule has 0 bridgehead atoms. The van der Waals surface area contributed by atoms with E-state index in [1.165, 1.54) is 0 Å². The summed E-state index contributed by atoms with van der Waals surface area (Å²) in [6, 6.07) is 0. The van der Waals surface area contributed by atoms with Crippen LogP contribution in [-0.4, -0.2) is 22.2 Å². The quantitative estimate of drug-likeness (QED) is 0.790. The molecule has 1 unspecified atom stereocenters. The van der Waals surface area contributed by atoms with Gasteiger partial charge in [0.15, 0.2) is 0 Å². The van der Waals surface area contributed by atoms with Crippen LogP contribution in [-0.2, 0) is 18.4 Å². The fourth-order valence-corrected chi connectivity index (χ4v) is 1.73. The third kappa shape index (κ3) is 3.56. The Morgan fingerprint density at radius 1 is 1.53 bits per heavy atom. The van der Waals surface area contributed by atoms with Gasteiger partial charge in [0, 0.05) is 31.3 Å². The van der Waals surface area contributed by atoms with Gasteiger partial charge in [-0.25, -0.2) is 0 Å². The van der Waals surface area contributed by atoms with Gasteiger partial charge in [0.25, 0.3) is 0 Å². The molecule has 1 rings (SSSR count). The van der Waals surface area contributed by atoms with Crippen molar-refractivity contribution in [3.8, 4) is 0 Å². The molecule has 17 heavy (non-hydrogen) atoms. The van der Waals surface area contributed by atoms with Crippen LogP contribution in [0.2, 0.25) is 0 Å². The monoisotopic (exact) mass is 238 g/mol. The average Bonchev–Trinajstić information content (AvgIpc) is 2.51. The van der Waals surface area contributed by atoms with Gasteiger partial charge in [-0.2, -0.15) is 5.10 Å². The Balaban J connectivity index is 2.53. The maximum atomic E-state index is 11.6. The Hall–Kier alpha value is -1.36. The maximum Gasteiger partial charge on any atom is 0.220 e. The summed E-state index contributed by atoms with van der Waals surface area (Å²) in [5.74, 6) is 0.275. The van der Waals surface area contributed by atoms with Crippen LogP contribution < -0.4 is 11.1 Å². The molecule has 0 radical (unpaired) electrons. The molecule has 0 saturated heterocycles. The van der Waals surface area contributed by atoms with Crippen LogP contribution in [0.5, 0.6) is 0 Å². The summed E-state index contributed by atoms with van der Waals surface area (Å²) in [5, 5.41) is 7.22. The Kier molecular flexibility index (Phi) is 4.69. The molecule has 0 spiro atoms. The minimum atomic E-state index is 0.0469. The second-order valence-electron chi connectivity index (χ2n) is 4.59. The topological polar surface area (TPSA) is 72.9 Å². The molecule has 1 atom stereocenters. The molecule has 1 heterocycles. The zero-order valence-electron chi connectivity index (χ0n) is 11.1. The van der Waals surface area contributed by atoms with Gasteiger partial charge in [0.2, 0.25) is 5.91 Å². The highest BCUT2D eigenvalue weighted by atomic mass is 16.1. The summed E-state index contributed by atoms with van der Waals surface area (Å²) in [7, 11) is 1.91. The number of aryl methyl sites for hydroxylation is 2. The van der Waals surface area contributed by atoms with E-state index in [9.17, 15) is 4.79 Å². The first-order valence-corrected chi connectivity index (χ1v) is 5.91. The number of hydrogen-bond acceptors (Lipinski definition) is 3. The molecule has 1 aromatic rings. The van der Waals surface area contributed by atoms with Gasteiger partial charge in [-0.1, -0.05) is 6.92 Å². The lowest BCUT2D eigenvalue weighted by Gasteiger charge is -2.09. The van der Waals surface area contributed by atoms with Gasteiger partial charge in [0.05, 0.1) is 5.69 Å². The van der Waals surface area contributed by atoms with E-state index in [-0.39, 0.29) is 11.8 Å². The summed E-state index contributed by atoms with van der Waals surface area (Å²) in [4.78, 5) is 11.6. The Bertz CT molecular complexity index is 397. The molecule has 0 aliphatic carbocycles. The third-order valence-electron chi connectivity index (χ3n) is 3.06. The Labute approximate surface area is 102 Å². The number of nitrogens with one attached hydrogen (secondary N) is 1. The summed E-state index contributed by atoms with van der Waals surface area (Å²) in [6.45, 7) is 7.02. The van der Waals surface area contributed by atoms with E-state index in [2.05, 4.69) is 10.4 Å². The molecule has 0 saturated carbocycles. The minimum absolute atomic E-state index is 0.0469. The lowest BCUT2D eigenvalue weighted by molar-refractivity contribution is -0.122. The number of nitrogens with zero attached hydrogens (tertiary/aromatic N) is 2. The fourth-order valence-electron chi connectivity index (χ4n) is 1.73. The van der Waals surface area contributed by atoms with E-state index in [4.69, 9.17) is 5.73 Å². The first-order chi connectivity index (χ1) is 7.95. The normalized spacial score (nSPS) is 12.5. The SMILES string of the molecule is Cc1nn(C)c(C)c1CNC(=O)CC(C)CN. The van der Waals surface area contributed by atoms with E-state index in [1.807, 2.05) is 32.5 Å². The van der Waals surface area contributed by atoms with E-state index < -0.39 is 0 Å². The highest BCUT2D eigenvalue weighted by molar-refractivity contribution is 5.76. The number of aromatic nitrogens is 2. The molecular formula is C12H22N4O. The number of carbonyl (C=O) groups is 1. The minimum Gasteiger partial charge on any atom is -0.352 e. The molecule has 96 valence electrons. The van der Waals surface area contributed by atoms with E-state index in [0.29, 0.717) is 19.5 Å². The maximum absolute atomic E-state index is 11.6. The number of nitrogens with two attached hydrogens (primary N) is 1. The second kappa shape index (κ2) is 5.82. The molecule has 1 aromatic heterocycles. The highest BCUT2D eigenvalue weighted by Gasteiger charge is 2.11. The zero-order valence-corrected chi connectivity index (χ0v) is 11.1. The van der Waals surface area contributed by atoms with Crippen molar-refractivity contribution in [1.82, 2.24) is 15.1 Å². The van der Waals surface area contributed by atoms with Crippen LogP contribution in [0, 0.1) is 19.8 Å². The smallest absolute Gasteiger partial charge is 0.220 e. The fraction of sp³-hybridized carbons (Fsp3) is 0.667. The van der Waals surface area contributed by atoms with Crippen molar-refractivity contribution < 1.29 is 4.79 Å². The van der Waals surface area contributed by atoms with Crippen molar-refractivity contribution in [2.24, 2.45) is 18.7 Å². The van der Waals surface area contributed by atoms with Crippen LogP contribution >= 0.6 is 0 Å². The van der Waals surface area contributed by atoms with Gasteiger partial charge < -0.3 is 11.1 Å². The molecular weight excluding hydrogens is 216 g/mol. The lowest BCUT2D eigenvalue weighted by atomic mass is 10.1. The van der Waals surface area contributed by atoms with Crippen LogP contribution in [0.3, 0.4) is 0 Å². The highest BCUT2D eigenvalue weighted by Crippen LogP contribution is 2.11. The number of hydrogen-bond donors (Lipinski definition) is 2. The number of rotatable bonds is 5. The van der Waals surface area contributed by atoms with E-state index >= 15 is 0 Å². The summed E-state index contributed by atoms with van der Waals surface area (Å²) in [6.07, 6.45) is 0.481. The first kappa shape index (κ1) is 13.7. The van der Waals surface area contributed by atoms with Gasteiger partial charge in [-0.15, -0.1) is 0 Å². The summed E-state index contributed by atoms with van der Waals surface area (Å²) in [5.41, 5.74) is 8.65. The van der Waals surface area contributed by atoms with Crippen LogP contribution in [0.4, 0.5) is 0 Å². The van der Waals surface area contributed by atoms with Gasteiger partial charge in [-0.05, 0) is 26.3 Å². The second-order valence-corrected chi connectivity index (χ2v) is 4.59. The molecule has 0 aliphatic rings. The average molecular weight is 238 g/mol. The predicted octanol–water partition coefficient (Wildman–Crippen LogP) is 0.638. The van der Waals surface area contributed by atoms with Crippen molar-refractivity contribution in [3.05, 3.63) is 17.0 Å². The molecule has 1 amide bonds. The van der Waals surface area contributed by atoms with Crippen LogP contribution in [0.15, 0.2) is 0 Å². The van der Waals surface area contributed by atoms with E-state index in [0.717, 1.165) is 17.0 Å². The van der Waals surface area contributed by atoms with Crippen LogP contribution in [0.25, 0.3) is 0 Å². The molecule has 3 N–H and O–H groups in total. The first-order valence-electron chi connectivity index (χ1n) is 5.91. The summed E-state index contributed by atoms with van der Waals surface area (Å²) >= 11 is 0. The summed E-state index contributed by atoms with van der Waals surface area (Å²) < 4.78 is 1.83.